The number of rotatable bonds is 2. The van der Waals surface area contributed by atoms with E-state index in [2.05, 4.69) is 65.8 Å². The summed E-state index contributed by atoms with van der Waals surface area (Å²) < 4.78 is 0. The van der Waals surface area contributed by atoms with Crippen LogP contribution >= 0.6 is 24.8 Å². The summed E-state index contributed by atoms with van der Waals surface area (Å²) in [6.07, 6.45) is 1.11. The predicted molar refractivity (Wildman–Crippen MR) is 135 cm³/mol. The zero-order valence-corrected chi connectivity index (χ0v) is 22.7. The van der Waals surface area contributed by atoms with E-state index in [-0.39, 0.29) is 46.5 Å². The van der Waals surface area contributed by atoms with E-state index >= 15 is 0 Å². The summed E-state index contributed by atoms with van der Waals surface area (Å²) in [5.41, 5.74) is 20.4. The quantitative estimate of drug-likeness (QED) is 0.302. The van der Waals surface area contributed by atoms with Crippen LogP contribution in [0.25, 0.3) is 11.3 Å². The normalized spacial score (nSPS) is 12.3. The van der Waals surface area contributed by atoms with Gasteiger partial charge in [0.1, 0.15) is 0 Å². The van der Waals surface area contributed by atoms with Crippen LogP contribution in [-0.2, 0) is 21.7 Å². The first kappa shape index (κ1) is 31.1. The van der Waals surface area contributed by atoms with Crippen molar-refractivity contribution >= 4 is 36.1 Å². The smallest absolute Gasteiger partial charge is 0.698 e. The van der Waals surface area contributed by atoms with Gasteiger partial charge in [0.25, 0.3) is 0 Å². The molecule has 0 heterocycles. The standard InChI is InChI=1S/C17H21.C9H12N.2ClH.Ti/c1-11(2)15-8-6-7-9-16(15)17-10-12(3)13(4)14(17)5;1-6-4-7(2)9(10)8(3)5-6;;;/h6-9H,10H2,1-5H3;4-5,10H,1-3H3;2*1H;/q2*-1;;;+2. The van der Waals surface area contributed by atoms with Crippen LogP contribution in [0, 0.1) is 26.7 Å². The largest absolute Gasteiger partial charge is 2.00 e. The molecule has 2 aromatic carbocycles. The van der Waals surface area contributed by atoms with Crippen molar-refractivity contribution in [1.82, 2.24) is 0 Å². The molecule has 30 heavy (non-hydrogen) atoms. The topological polar surface area (TPSA) is 23.8 Å². The molecule has 1 nitrogen and oxygen atoms in total. The van der Waals surface area contributed by atoms with Gasteiger partial charge < -0.3 is 5.73 Å². The third kappa shape index (κ3) is 7.24. The monoisotopic (exact) mass is 479 g/mol. The molecule has 3 rings (SSSR count). The molecule has 0 spiro atoms. The molecule has 0 atom stereocenters. The summed E-state index contributed by atoms with van der Waals surface area (Å²) in [7, 11) is 0. The van der Waals surface area contributed by atoms with Gasteiger partial charge in [-0.1, -0.05) is 65.5 Å². The van der Waals surface area contributed by atoms with Crippen molar-refractivity contribution in [2.75, 3.05) is 0 Å². The van der Waals surface area contributed by atoms with Gasteiger partial charge in [-0.3, -0.25) is 0 Å². The number of benzene rings is 2. The van der Waals surface area contributed by atoms with E-state index in [1.807, 2.05) is 26.0 Å². The van der Waals surface area contributed by atoms with Crippen LogP contribution < -0.4 is 0 Å². The minimum atomic E-state index is 0. The van der Waals surface area contributed by atoms with Crippen LogP contribution in [0.3, 0.4) is 0 Å². The number of hydrogen-bond donors (Lipinski definition) is 0. The molecule has 0 saturated carbocycles. The van der Waals surface area contributed by atoms with Gasteiger partial charge in [0.2, 0.25) is 0 Å². The summed E-state index contributed by atoms with van der Waals surface area (Å²) >= 11 is 0. The van der Waals surface area contributed by atoms with Crippen molar-refractivity contribution in [1.29, 1.82) is 0 Å². The van der Waals surface area contributed by atoms with E-state index in [0.717, 1.165) is 17.5 Å². The second-order valence-corrected chi connectivity index (χ2v) is 8.00. The summed E-state index contributed by atoms with van der Waals surface area (Å²) in [5.74, 6) is 1.39. The molecule has 1 N–H and O–H groups in total. The maximum absolute atomic E-state index is 7.54. The Morgan fingerprint density at radius 3 is 1.73 bits per heavy atom. The molecule has 0 aromatic heterocycles. The fraction of sp³-hybridized carbons (Fsp3) is 0.346. The van der Waals surface area contributed by atoms with Crippen molar-refractivity contribution < 1.29 is 21.7 Å². The predicted octanol–water partition coefficient (Wildman–Crippen LogP) is 9.30. The van der Waals surface area contributed by atoms with Crippen LogP contribution in [0.1, 0.15) is 68.9 Å². The number of halogens is 2. The number of aryl methyl sites for hydroxylation is 3. The fourth-order valence-electron chi connectivity index (χ4n) is 3.74. The van der Waals surface area contributed by atoms with E-state index in [1.54, 1.807) is 0 Å². The first-order valence-corrected chi connectivity index (χ1v) is 9.69. The summed E-state index contributed by atoms with van der Waals surface area (Å²) in [5, 5.41) is 0. The van der Waals surface area contributed by atoms with Crippen molar-refractivity contribution in [2.45, 2.75) is 61.8 Å². The van der Waals surface area contributed by atoms with Gasteiger partial charge >= 0.3 is 21.7 Å². The van der Waals surface area contributed by atoms with Gasteiger partial charge in [0.05, 0.1) is 0 Å². The maximum Gasteiger partial charge on any atom is 2.00 e. The summed E-state index contributed by atoms with van der Waals surface area (Å²) in [6.45, 7) is 17.1. The third-order valence-corrected chi connectivity index (χ3v) is 5.57. The number of allylic oxidation sites excluding steroid dienone is 4. The second-order valence-electron chi connectivity index (χ2n) is 8.00. The van der Waals surface area contributed by atoms with Gasteiger partial charge in [0, 0.05) is 0 Å². The Morgan fingerprint density at radius 1 is 0.800 bits per heavy atom. The zero-order chi connectivity index (χ0) is 20.3. The average Bonchev–Trinajstić information content (AvgIpc) is 2.87. The van der Waals surface area contributed by atoms with Crippen molar-refractivity contribution in [3.63, 3.8) is 0 Å². The van der Waals surface area contributed by atoms with Crippen LogP contribution in [0.15, 0.2) is 53.1 Å². The van der Waals surface area contributed by atoms with Crippen LogP contribution in [0.4, 0.5) is 5.69 Å². The molecule has 0 aliphatic heterocycles. The Hall–Kier alpha value is -1.12. The Bertz CT molecular complexity index is 888. The van der Waals surface area contributed by atoms with Crippen molar-refractivity contribution in [3.8, 4) is 0 Å². The summed E-state index contributed by atoms with van der Waals surface area (Å²) in [4.78, 5) is 0. The Labute approximate surface area is 211 Å². The Morgan fingerprint density at radius 2 is 1.30 bits per heavy atom. The van der Waals surface area contributed by atoms with Crippen LogP contribution in [-0.4, -0.2) is 0 Å². The zero-order valence-electron chi connectivity index (χ0n) is 19.5. The third-order valence-electron chi connectivity index (χ3n) is 5.57. The molecule has 162 valence electrons. The SMILES string of the molecule is CC1=C(C)C(C)=C(c2ccccc2[C-](C)C)C1.Cc1cc(C)c([NH-])c(C)c1.Cl.Cl.[Ti+2]. The van der Waals surface area contributed by atoms with Gasteiger partial charge in [-0.25, -0.2) is 0 Å². The van der Waals surface area contributed by atoms with Gasteiger partial charge in [-0.15, -0.1) is 48.2 Å². The summed E-state index contributed by atoms with van der Waals surface area (Å²) in [6, 6.07) is 12.8. The average molecular weight is 480 g/mol. The molecule has 0 fully saturated rings. The van der Waals surface area contributed by atoms with Crippen LogP contribution in [0.5, 0.6) is 0 Å². The fourth-order valence-corrected chi connectivity index (χ4v) is 3.74. The van der Waals surface area contributed by atoms with E-state index in [4.69, 9.17) is 5.73 Å². The minimum absolute atomic E-state index is 0. The molecule has 0 radical (unpaired) electrons. The van der Waals surface area contributed by atoms with E-state index in [1.165, 1.54) is 44.9 Å². The van der Waals surface area contributed by atoms with Crippen molar-refractivity contribution in [3.05, 3.63) is 92.6 Å². The molecule has 0 bridgehead atoms. The molecule has 0 amide bonds. The maximum atomic E-state index is 7.54. The first-order valence-electron chi connectivity index (χ1n) is 9.69. The number of nitrogens with one attached hydrogen (secondary N) is 1. The first-order chi connectivity index (χ1) is 12.6. The molecular weight excluding hydrogens is 445 g/mol. The molecule has 2 aromatic rings. The molecule has 0 unspecified atom stereocenters. The number of hydrogen-bond acceptors (Lipinski definition) is 0. The Kier molecular flexibility index (Phi) is 13.8. The van der Waals surface area contributed by atoms with Crippen molar-refractivity contribution in [2.24, 2.45) is 0 Å². The second kappa shape index (κ2) is 13.3. The van der Waals surface area contributed by atoms with E-state index in [0.29, 0.717) is 5.69 Å². The van der Waals surface area contributed by atoms with Crippen LogP contribution in [0.2, 0.25) is 0 Å². The Balaban J connectivity index is 0. The molecule has 0 saturated heterocycles. The minimum Gasteiger partial charge on any atom is -0.698 e. The van der Waals surface area contributed by atoms with E-state index in [9.17, 15) is 0 Å². The molecular formula is C26H35Cl2NTi. The van der Waals surface area contributed by atoms with E-state index < -0.39 is 0 Å². The van der Waals surface area contributed by atoms with Gasteiger partial charge in [-0.05, 0) is 53.5 Å². The van der Waals surface area contributed by atoms with Gasteiger partial charge in [-0.2, -0.15) is 17.5 Å². The van der Waals surface area contributed by atoms with Gasteiger partial charge in [0.15, 0.2) is 0 Å². The molecule has 1 aliphatic rings. The molecule has 1 aliphatic carbocycles. The molecule has 4 heteroatoms.